The zero-order chi connectivity index (χ0) is 16.7. The fourth-order valence-corrected chi connectivity index (χ4v) is 4.71. The molecule has 1 aromatic rings. The summed E-state index contributed by atoms with van der Waals surface area (Å²) >= 11 is 0. The number of piperidine rings is 1. The van der Waals surface area contributed by atoms with Crippen LogP contribution in [0.15, 0.2) is 29.2 Å². The van der Waals surface area contributed by atoms with Gasteiger partial charge >= 0.3 is 6.36 Å². The highest BCUT2D eigenvalue weighted by atomic mass is 32.2. The van der Waals surface area contributed by atoms with Gasteiger partial charge in [0, 0.05) is 18.1 Å². The molecule has 2 unspecified atom stereocenters. The molecule has 9 heteroatoms. The van der Waals surface area contributed by atoms with E-state index in [-0.39, 0.29) is 18.1 Å². The van der Waals surface area contributed by atoms with Crippen molar-refractivity contribution in [1.29, 1.82) is 0 Å². The summed E-state index contributed by atoms with van der Waals surface area (Å²) in [6.07, 6.45) is -1.68. The van der Waals surface area contributed by atoms with Gasteiger partial charge in [-0.15, -0.1) is 13.2 Å². The Bertz CT molecular complexity index is 666. The molecule has 0 aromatic heterocycles. The molecule has 0 aliphatic carbocycles. The predicted molar refractivity (Wildman–Crippen MR) is 76.4 cm³/mol. The van der Waals surface area contributed by atoms with Crippen LogP contribution in [0.3, 0.4) is 0 Å². The monoisotopic (exact) mass is 350 g/mol. The molecule has 0 spiro atoms. The number of hydrogen-bond acceptors (Lipinski definition) is 4. The summed E-state index contributed by atoms with van der Waals surface area (Å²) < 4.78 is 68.6. The lowest BCUT2D eigenvalue weighted by molar-refractivity contribution is -0.275. The second-order valence-electron chi connectivity index (χ2n) is 5.92. The number of ether oxygens (including phenoxy) is 1. The van der Waals surface area contributed by atoms with Crippen molar-refractivity contribution in [3.8, 4) is 5.75 Å². The van der Waals surface area contributed by atoms with Crippen LogP contribution >= 0.6 is 0 Å². The van der Waals surface area contributed by atoms with Crippen LogP contribution in [-0.2, 0) is 10.0 Å². The van der Waals surface area contributed by atoms with Gasteiger partial charge in [0.15, 0.2) is 0 Å². The Hall–Kier alpha value is -1.32. The maximum atomic E-state index is 12.5. The summed E-state index contributed by atoms with van der Waals surface area (Å²) in [6.45, 7) is 0. The third-order valence-electron chi connectivity index (χ3n) is 4.16. The number of benzene rings is 1. The summed E-state index contributed by atoms with van der Waals surface area (Å²) in [5.74, 6) is -0.718. The molecule has 23 heavy (non-hydrogen) atoms. The second kappa shape index (κ2) is 5.95. The fraction of sp³-hybridized carbons (Fsp3) is 0.571. The zero-order valence-corrected chi connectivity index (χ0v) is 13.0. The summed E-state index contributed by atoms with van der Waals surface area (Å²) in [5, 5.41) is 3.38. The molecule has 0 amide bonds. The molecule has 2 aliphatic heterocycles. The largest absolute Gasteiger partial charge is 0.573 e. The normalized spacial score (nSPS) is 27.9. The van der Waals surface area contributed by atoms with Gasteiger partial charge < -0.3 is 10.1 Å². The molecule has 0 radical (unpaired) electrons. The number of hydrogen-bond donors (Lipinski definition) is 2. The topological polar surface area (TPSA) is 67.4 Å². The lowest BCUT2D eigenvalue weighted by atomic mass is 10.0. The van der Waals surface area contributed by atoms with Gasteiger partial charge in [0.2, 0.25) is 10.0 Å². The number of para-hydroxylation sites is 1. The van der Waals surface area contributed by atoms with E-state index in [1.807, 2.05) is 0 Å². The van der Waals surface area contributed by atoms with E-state index < -0.39 is 27.0 Å². The van der Waals surface area contributed by atoms with Crippen LogP contribution in [-0.4, -0.2) is 32.9 Å². The highest BCUT2D eigenvalue weighted by molar-refractivity contribution is 7.89. The number of halogens is 3. The minimum absolute atomic E-state index is 0.267. The lowest BCUT2D eigenvalue weighted by Gasteiger charge is -2.29. The number of sulfonamides is 1. The Kier molecular flexibility index (Phi) is 4.28. The van der Waals surface area contributed by atoms with Crippen molar-refractivity contribution in [2.24, 2.45) is 0 Å². The first-order valence-corrected chi connectivity index (χ1v) is 8.84. The minimum atomic E-state index is -4.94. The molecule has 2 aliphatic rings. The molecule has 3 rings (SSSR count). The summed E-state index contributed by atoms with van der Waals surface area (Å²) in [6, 6.07) is 5.02. The smallest absolute Gasteiger partial charge is 0.404 e. The quantitative estimate of drug-likeness (QED) is 0.873. The van der Waals surface area contributed by atoms with E-state index in [0.717, 1.165) is 25.0 Å². The Morgan fingerprint density at radius 2 is 1.74 bits per heavy atom. The molecule has 5 nitrogen and oxygen atoms in total. The van der Waals surface area contributed by atoms with Crippen LogP contribution in [0.5, 0.6) is 5.75 Å². The Morgan fingerprint density at radius 3 is 2.35 bits per heavy atom. The fourth-order valence-electron chi connectivity index (χ4n) is 3.32. The second-order valence-corrected chi connectivity index (χ2v) is 7.60. The average molecular weight is 350 g/mol. The van der Waals surface area contributed by atoms with E-state index in [1.54, 1.807) is 0 Å². The highest BCUT2D eigenvalue weighted by Crippen LogP contribution is 2.31. The molecule has 2 saturated heterocycles. The maximum Gasteiger partial charge on any atom is 0.573 e. The van der Waals surface area contributed by atoms with Gasteiger partial charge in [0.25, 0.3) is 0 Å². The molecule has 1 aromatic carbocycles. The van der Waals surface area contributed by atoms with Crippen LogP contribution in [0.25, 0.3) is 0 Å². The Labute approximate surface area is 132 Å². The van der Waals surface area contributed by atoms with Crippen molar-refractivity contribution >= 4 is 10.0 Å². The van der Waals surface area contributed by atoms with Crippen molar-refractivity contribution in [1.82, 2.24) is 10.0 Å². The predicted octanol–water partition coefficient (Wildman–Crippen LogP) is 2.15. The molecule has 2 bridgehead atoms. The first-order chi connectivity index (χ1) is 10.7. The zero-order valence-electron chi connectivity index (χ0n) is 12.1. The number of rotatable bonds is 4. The van der Waals surface area contributed by atoms with Crippen LogP contribution in [0.1, 0.15) is 25.7 Å². The number of alkyl halides is 3. The van der Waals surface area contributed by atoms with Crippen molar-refractivity contribution in [3.63, 3.8) is 0 Å². The van der Waals surface area contributed by atoms with E-state index in [1.165, 1.54) is 12.1 Å². The van der Waals surface area contributed by atoms with Gasteiger partial charge in [0.05, 0.1) is 0 Å². The van der Waals surface area contributed by atoms with Gasteiger partial charge in [-0.3, -0.25) is 0 Å². The minimum Gasteiger partial charge on any atom is -0.404 e. The number of fused-ring (bicyclic) bond motifs is 2. The summed E-state index contributed by atoms with van der Waals surface area (Å²) in [4.78, 5) is -0.497. The van der Waals surface area contributed by atoms with E-state index in [4.69, 9.17) is 0 Å². The van der Waals surface area contributed by atoms with Crippen LogP contribution in [0.2, 0.25) is 0 Å². The van der Waals surface area contributed by atoms with E-state index in [9.17, 15) is 21.6 Å². The third kappa shape index (κ3) is 3.96. The average Bonchev–Trinajstić information content (AvgIpc) is 2.76. The van der Waals surface area contributed by atoms with Crippen molar-refractivity contribution < 1.29 is 26.3 Å². The van der Waals surface area contributed by atoms with Crippen LogP contribution < -0.4 is 14.8 Å². The lowest BCUT2D eigenvalue weighted by Crippen LogP contribution is -2.48. The molecule has 2 N–H and O–H groups in total. The van der Waals surface area contributed by atoms with Gasteiger partial charge in [-0.05, 0) is 37.8 Å². The Balaban J connectivity index is 1.80. The van der Waals surface area contributed by atoms with Crippen molar-refractivity contribution in [2.45, 2.75) is 55.1 Å². The Morgan fingerprint density at radius 1 is 1.13 bits per heavy atom. The first-order valence-electron chi connectivity index (χ1n) is 7.36. The standard InChI is InChI=1S/C14H17F3N2O3S/c15-14(16,17)22-12-3-1-2-4-13(12)23(20,21)19-11-7-9-5-6-10(8-11)18-9/h1-4,9-11,18-19H,5-8H2. The van der Waals surface area contributed by atoms with E-state index in [0.29, 0.717) is 12.8 Å². The molecule has 2 atom stereocenters. The van der Waals surface area contributed by atoms with Crippen molar-refractivity contribution in [3.05, 3.63) is 24.3 Å². The molecule has 0 saturated carbocycles. The molecule has 128 valence electrons. The van der Waals surface area contributed by atoms with Gasteiger partial charge in [0.1, 0.15) is 10.6 Å². The highest BCUT2D eigenvalue weighted by Gasteiger charge is 2.37. The van der Waals surface area contributed by atoms with Crippen molar-refractivity contribution in [2.75, 3.05) is 0 Å². The van der Waals surface area contributed by atoms with Gasteiger partial charge in [-0.2, -0.15) is 0 Å². The molecule has 2 heterocycles. The van der Waals surface area contributed by atoms with E-state index in [2.05, 4.69) is 14.8 Å². The van der Waals surface area contributed by atoms with Gasteiger partial charge in [-0.1, -0.05) is 12.1 Å². The third-order valence-corrected chi connectivity index (χ3v) is 5.72. The summed E-state index contributed by atoms with van der Waals surface area (Å²) in [7, 11) is -4.08. The van der Waals surface area contributed by atoms with Crippen LogP contribution in [0.4, 0.5) is 13.2 Å². The molecular weight excluding hydrogens is 333 g/mol. The number of nitrogens with one attached hydrogen (secondary N) is 2. The SMILES string of the molecule is O=S(=O)(NC1CC2CCC(C1)N2)c1ccccc1OC(F)(F)F. The first kappa shape index (κ1) is 16.5. The summed E-state index contributed by atoms with van der Waals surface area (Å²) in [5.41, 5.74) is 0. The molecular formula is C14H17F3N2O3S. The maximum absolute atomic E-state index is 12.5. The van der Waals surface area contributed by atoms with Crippen LogP contribution in [0, 0.1) is 0 Å². The van der Waals surface area contributed by atoms with Gasteiger partial charge in [-0.25, -0.2) is 13.1 Å². The molecule has 2 fully saturated rings. The van der Waals surface area contributed by atoms with E-state index >= 15 is 0 Å².